The summed E-state index contributed by atoms with van der Waals surface area (Å²) in [7, 11) is 0. The third kappa shape index (κ3) is 1.36. The Hall–Kier alpha value is -0.860. The highest BCUT2D eigenvalue weighted by atomic mass is 16.2. The van der Waals surface area contributed by atoms with E-state index in [-0.39, 0.29) is 17.4 Å². The molecule has 13 heavy (non-hydrogen) atoms. The number of hydrogen-bond donors (Lipinski definition) is 1. The Bertz CT molecular complexity index is 272. The molecule has 0 bridgehead atoms. The summed E-state index contributed by atoms with van der Waals surface area (Å²) < 4.78 is 0. The maximum absolute atomic E-state index is 11.7. The molecule has 0 spiro atoms. The van der Waals surface area contributed by atoms with Crippen LogP contribution >= 0.6 is 0 Å². The first kappa shape index (κ1) is 8.73. The number of fused-ring (bicyclic) bond motifs is 1. The molecule has 2 aliphatic rings. The van der Waals surface area contributed by atoms with Crippen LogP contribution in [0.2, 0.25) is 0 Å². The number of rotatable bonds is 0. The summed E-state index contributed by atoms with van der Waals surface area (Å²) in [5, 5.41) is 2.81. The first-order valence-corrected chi connectivity index (χ1v) is 4.99. The van der Waals surface area contributed by atoms with E-state index in [0.29, 0.717) is 0 Å². The van der Waals surface area contributed by atoms with Gasteiger partial charge in [0, 0.05) is 0 Å². The van der Waals surface area contributed by atoms with Gasteiger partial charge in [-0.3, -0.25) is 9.79 Å². The second kappa shape index (κ2) is 2.82. The molecule has 1 N–H and O–H groups in total. The molecule has 0 aromatic rings. The van der Waals surface area contributed by atoms with E-state index >= 15 is 0 Å². The van der Waals surface area contributed by atoms with Crippen molar-refractivity contribution < 1.29 is 4.79 Å². The van der Waals surface area contributed by atoms with Gasteiger partial charge in [0.15, 0.2) is 0 Å². The van der Waals surface area contributed by atoms with Gasteiger partial charge >= 0.3 is 0 Å². The zero-order chi connectivity index (χ0) is 9.47. The lowest BCUT2D eigenvalue weighted by atomic mass is 9.73. The van der Waals surface area contributed by atoms with Crippen LogP contribution in [0.3, 0.4) is 0 Å². The van der Waals surface area contributed by atoms with E-state index in [0.717, 1.165) is 18.7 Å². The number of hydrogen-bond acceptors (Lipinski definition) is 2. The fourth-order valence-corrected chi connectivity index (χ4v) is 2.54. The summed E-state index contributed by atoms with van der Waals surface area (Å²) in [6, 6.07) is 0. The average Bonchev–Trinajstić information content (AvgIpc) is 2.01. The Morgan fingerprint density at radius 2 is 2.31 bits per heavy atom. The van der Waals surface area contributed by atoms with Gasteiger partial charge in [0.25, 0.3) is 0 Å². The number of nitrogens with zero attached hydrogens (tertiary/aromatic N) is 1. The summed E-state index contributed by atoms with van der Waals surface area (Å²) in [5.41, 5.74) is -0.106. The molecule has 0 aromatic heterocycles. The van der Waals surface area contributed by atoms with Crippen LogP contribution in [0.25, 0.3) is 0 Å². The molecule has 3 heteroatoms. The molecule has 1 amide bonds. The first-order chi connectivity index (χ1) is 6.12. The minimum absolute atomic E-state index is 0.106. The van der Waals surface area contributed by atoms with Crippen LogP contribution in [0.1, 0.15) is 39.5 Å². The minimum atomic E-state index is -0.106. The van der Waals surface area contributed by atoms with Crippen molar-refractivity contribution in [2.24, 2.45) is 10.9 Å². The molecule has 1 aliphatic carbocycles. The van der Waals surface area contributed by atoms with Crippen LogP contribution in [0.15, 0.2) is 4.99 Å². The molecule has 0 saturated heterocycles. The predicted octanol–water partition coefficient (Wildman–Crippen LogP) is 1.48. The quantitative estimate of drug-likeness (QED) is 0.602. The van der Waals surface area contributed by atoms with Crippen molar-refractivity contribution in [3.63, 3.8) is 0 Å². The van der Waals surface area contributed by atoms with Crippen LogP contribution < -0.4 is 5.32 Å². The normalized spacial score (nSPS) is 39.1. The Balaban J connectivity index is 2.33. The Labute approximate surface area is 78.6 Å². The SMILES string of the molecule is CC1=NC2(C)CCCCC2C(=O)N1. The second-order valence-electron chi connectivity index (χ2n) is 4.34. The first-order valence-electron chi connectivity index (χ1n) is 4.99. The zero-order valence-electron chi connectivity index (χ0n) is 8.26. The van der Waals surface area contributed by atoms with E-state index in [1.54, 1.807) is 0 Å². The lowest BCUT2D eigenvalue weighted by Gasteiger charge is -2.40. The number of nitrogens with one attached hydrogen (secondary N) is 1. The minimum Gasteiger partial charge on any atom is -0.314 e. The van der Waals surface area contributed by atoms with E-state index in [1.165, 1.54) is 12.8 Å². The fraction of sp³-hybridized carbons (Fsp3) is 0.800. The van der Waals surface area contributed by atoms with Gasteiger partial charge in [0.05, 0.1) is 11.5 Å². The van der Waals surface area contributed by atoms with Crippen LogP contribution in [0.4, 0.5) is 0 Å². The molecule has 1 aliphatic heterocycles. The number of carbonyl (C=O) groups is 1. The molecule has 3 nitrogen and oxygen atoms in total. The van der Waals surface area contributed by atoms with Gasteiger partial charge in [-0.1, -0.05) is 12.8 Å². The van der Waals surface area contributed by atoms with Crippen molar-refractivity contribution in [1.29, 1.82) is 0 Å². The van der Waals surface area contributed by atoms with Gasteiger partial charge < -0.3 is 5.32 Å². The third-order valence-electron chi connectivity index (χ3n) is 3.22. The molecule has 1 saturated carbocycles. The molecular formula is C10H16N2O. The van der Waals surface area contributed by atoms with Gasteiger partial charge in [-0.15, -0.1) is 0 Å². The van der Waals surface area contributed by atoms with Crippen LogP contribution in [-0.4, -0.2) is 17.3 Å². The monoisotopic (exact) mass is 180 g/mol. The third-order valence-corrected chi connectivity index (χ3v) is 3.22. The molecule has 2 unspecified atom stereocenters. The summed E-state index contributed by atoms with van der Waals surface area (Å²) in [4.78, 5) is 16.2. The topological polar surface area (TPSA) is 41.5 Å². The van der Waals surface area contributed by atoms with Crippen molar-refractivity contribution in [1.82, 2.24) is 5.32 Å². The molecule has 2 atom stereocenters. The van der Waals surface area contributed by atoms with Gasteiger partial charge in [-0.25, -0.2) is 0 Å². The molecule has 0 radical (unpaired) electrons. The van der Waals surface area contributed by atoms with Gasteiger partial charge in [0.2, 0.25) is 5.91 Å². The van der Waals surface area contributed by atoms with E-state index in [1.807, 2.05) is 6.92 Å². The summed E-state index contributed by atoms with van der Waals surface area (Å²) in [6.07, 6.45) is 4.43. The highest BCUT2D eigenvalue weighted by molar-refractivity contribution is 6.00. The zero-order valence-corrected chi connectivity index (χ0v) is 8.26. The van der Waals surface area contributed by atoms with Crippen LogP contribution in [0, 0.1) is 5.92 Å². The maximum Gasteiger partial charge on any atom is 0.230 e. The van der Waals surface area contributed by atoms with Crippen molar-refractivity contribution >= 4 is 11.7 Å². The highest BCUT2D eigenvalue weighted by Crippen LogP contribution is 2.38. The summed E-state index contributed by atoms with van der Waals surface area (Å²) in [5.74, 6) is 1.07. The maximum atomic E-state index is 11.7. The van der Waals surface area contributed by atoms with Crippen molar-refractivity contribution in [3.8, 4) is 0 Å². The van der Waals surface area contributed by atoms with E-state index in [9.17, 15) is 4.79 Å². The summed E-state index contributed by atoms with van der Waals surface area (Å²) in [6.45, 7) is 3.98. The Kier molecular flexibility index (Phi) is 1.90. The Morgan fingerprint density at radius 3 is 3.08 bits per heavy atom. The molecular weight excluding hydrogens is 164 g/mol. The van der Waals surface area contributed by atoms with Gasteiger partial charge in [-0.05, 0) is 26.7 Å². The molecule has 0 aromatic carbocycles. The smallest absolute Gasteiger partial charge is 0.230 e. The van der Waals surface area contributed by atoms with Crippen molar-refractivity contribution in [2.45, 2.75) is 45.1 Å². The van der Waals surface area contributed by atoms with E-state index in [2.05, 4.69) is 17.2 Å². The highest BCUT2D eigenvalue weighted by Gasteiger charge is 2.43. The standard InChI is InChI=1S/C10H16N2O/c1-7-11-9(13)8-5-3-4-6-10(8,2)12-7/h8H,3-6H2,1-2H3,(H,11,12,13). The van der Waals surface area contributed by atoms with Crippen molar-refractivity contribution in [3.05, 3.63) is 0 Å². The number of amidine groups is 1. The van der Waals surface area contributed by atoms with Gasteiger partial charge in [0.1, 0.15) is 5.84 Å². The number of amides is 1. The van der Waals surface area contributed by atoms with Gasteiger partial charge in [-0.2, -0.15) is 0 Å². The number of carbonyl (C=O) groups excluding carboxylic acids is 1. The largest absolute Gasteiger partial charge is 0.314 e. The fourth-order valence-electron chi connectivity index (χ4n) is 2.54. The lowest BCUT2D eigenvalue weighted by molar-refractivity contribution is -0.127. The second-order valence-corrected chi connectivity index (χ2v) is 4.34. The molecule has 1 heterocycles. The number of aliphatic imine (C=N–C) groups is 1. The van der Waals surface area contributed by atoms with E-state index in [4.69, 9.17) is 0 Å². The Morgan fingerprint density at radius 1 is 1.54 bits per heavy atom. The lowest BCUT2D eigenvalue weighted by Crippen LogP contribution is -2.52. The molecule has 2 rings (SSSR count). The summed E-state index contributed by atoms with van der Waals surface area (Å²) >= 11 is 0. The molecule has 72 valence electrons. The molecule has 1 fully saturated rings. The van der Waals surface area contributed by atoms with Crippen LogP contribution in [0.5, 0.6) is 0 Å². The van der Waals surface area contributed by atoms with E-state index < -0.39 is 0 Å². The van der Waals surface area contributed by atoms with Crippen molar-refractivity contribution in [2.75, 3.05) is 0 Å². The predicted molar refractivity (Wildman–Crippen MR) is 51.6 cm³/mol. The van der Waals surface area contributed by atoms with Crippen LogP contribution in [-0.2, 0) is 4.79 Å². The average molecular weight is 180 g/mol.